The van der Waals surface area contributed by atoms with Gasteiger partial charge in [-0.05, 0) is 0 Å². The second-order valence-electron chi connectivity index (χ2n) is 1.80. The summed E-state index contributed by atoms with van der Waals surface area (Å²) in [6.07, 6.45) is 2.98. The highest BCUT2D eigenvalue weighted by atomic mass is 32.2. The van der Waals surface area contributed by atoms with Crippen LogP contribution in [-0.2, 0) is 19.6 Å². The average molecular weight is 179 g/mol. The zero-order chi connectivity index (χ0) is 8.91. The monoisotopic (exact) mass is 179 g/mol. The van der Waals surface area contributed by atoms with Gasteiger partial charge in [-0.1, -0.05) is 0 Å². The van der Waals surface area contributed by atoms with E-state index in [0.717, 1.165) is 18.7 Å². The first kappa shape index (κ1) is 9.96. The van der Waals surface area contributed by atoms with Crippen molar-refractivity contribution in [1.29, 1.82) is 0 Å². The van der Waals surface area contributed by atoms with Crippen molar-refractivity contribution in [2.45, 2.75) is 6.92 Å². The summed E-state index contributed by atoms with van der Waals surface area (Å²) >= 11 is 0. The van der Waals surface area contributed by atoms with Gasteiger partial charge in [-0.25, -0.2) is 8.42 Å². The van der Waals surface area contributed by atoms with Crippen molar-refractivity contribution in [3.05, 3.63) is 12.5 Å². The van der Waals surface area contributed by atoms with E-state index in [1.807, 2.05) is 4.72 Å². The van der Waals surface area contributed by atoms with E-state index in [4.69, 9.17) is 0 Å². The average Bonchev–Trinajstić information content (AvgIpc) is 1.78. The van der Waals surface area contributed by atoms with Gasteiger partial charge < -0.3 is 4.74 Å². The third-order valence-corrected chi connectivity index (χ3v) is 1.15. The first-order chi connectivity index (χ1) is 4.92. The lowest BCUT2D eigenvalue weighted by atomic mass is 10.8. The Morgan fingerprint density at radius 3 is 2.45 bits per heavy atom. The first-order valence-corrected chi connectivity index (χ1v) is 4.60. The van der Waals surface area contributed by atoms with Crippen molar-refractivity contribution >= 4 is 16.0 Å². The molecule has 0 aliphatic heterocycles. The van der Waals surface area contributed by atoms with Crippen molar-refractivity contribution in [1.82, 2.24) is 4.72 Å². The summed E-state index contributed by atoms with van der Waals surface area (Å²) in [6.45, 7) is 1.21. The van der Waals surface area contributed by atoms with E-state index in [0.29, 0.717) is 0 Å². The molecule has 64 valence electrons. The molecule has 0 atom stereocenters. The molecule has 5 nitrogen and oxygen atoms in total. The molecule has 0 aromatic rings. The second-order valence-corrected chi connectivity index (χ2v) is 3.58. The van der Waals surface area contributed by atoms with Crippen LogP contribution in [0.3, 0.4) is 0 Å². The smallest absolute Gasteiger partial charge is 0.307 e. The summed E-state index contributed by atoms with van der Waals surface area (Å²) in [5, 5.41) is 0. The largest absolute Gasteiger partial charge is 0.433 e. The normalized spacial score (nSPS) is 11.5. The van der Waals surface area contributed by atoms with Crippen molar-refractivity contribution in [2.24, 2.45) is 0 Å². The maximum absolute atomic E-state index is 10.4. The van der Waals surface area contributed by atoms with Gasteiger partial charge in [-0.2, -0.15) is 0 Å². The van der Waals surface area contributed by atoms with Gasteiger partial charge in [0.15, 0.2) is 0 Å². The van der Waals surface area contributed by atoms with Gasteiger partial charge in [0.25, 0.3) is 0 Å². The molecule has 0 aromatic heterocycles. The summed E-state index contributed by atoms with van der Waals surface area (Å²) in [5.41, 5.74) is 0. The fourth-order valence-electron chi connectivity index (χ4n) is 0.281. The van der Waals surface area contributed by atoms with Gasteiger partial charge in [0.2, 0.25) is 10.0 Å². The Kier molecular flexibility index (Phi) is 3.59. The van der Waals surface area contributed by atoms with Gasteiger partial charge in [0.05, 0.1) is 6.26 Å². The quantitative estimate of drug-likeness (QED) is 0.471. The molecule has 0 amide bonds. The van der Waals surface area contributed by atoms with Crippen LogP contribution in [0.1, 0.15) is 6.92 Å². The predicted molar refractivity (Wildman–Crippen MR) is 38.9 cm³/mol. The van der Waals surface area contributed by atoms with Crippen LogP contribution in [0.15, 0.2) is 12.5 Å². The number of hydrogen-bond donors (Lipinski definition) is 1. The molecule has 0 aromatic carbocycles. The Labute approximate surface area is 65.1 Å². The molecule has 0 unspecified atom stereocenters. The topological polar surface area (TPSA) is 72.5 Å². The molecule has 0 saturated carbocycles. The van der Waals surface area contributed by atoms with Crippen molar-refractivity contribution < 1.29 is 17.9 Å². The standard InChI is InChI=1S/C5H9NO4S/c1-5(7)10-4-3-6-11(2,8)9/h3-4,6H,1-2H3. The minimum Gasteiger partial charge on any atom is -0.433 e. The molecule has 0 bridgehead atoms. The summed E-state index contributed by atoms with van der Waals surface area (Å²) in [4.78, 5) is 10.1. The van der Waals surface area contributed by atoms with E-state index in [1.54, 1.807) is 0 Å². The van der Waals surface area contributed by atoms with Crippen LogP contribution in [0.25, 0.3) is 0 Å². The highest BCUT2D eigenvalue weighted by Gasteiger charge is 1.92. The van der Waals surface area contributed by atoms with Crippen molar-refractivity contribution in [3.8, 4) is 0 Å². The maximum atomic E-state index is 10.4. The van der Waals surface area contributed by atoms with Gasteiger partial charge in [0.1, 0.15) is 6.26 Å². The lowest BCUT2D eigenvalue weighted by Crippen LogP contribution is -2.15. The Hall–Kier alpha value is -1.04. The Morgan fingerprint density at radius 1 is 1.55 bits per heavy atom. The summed E-state index contributed by atoms with van der Waals surface area (Å²) in [7, 11) is -3.25. The minimum atomic E-state index is -3.25. The SMILES string of the molecule is CC(=O)OC=CNS(C)(=O)=O. The van der Waals surface area contributed by atoms with E-state index in [2.05, 4.69) is 4.74 Å². The van der Waals surface area contributed by atoms with E-state index in [1.165, 1.54) is 6.92 Å². The number of hydrogen-bond acceptors (Lipinski definition) is 4. The molecule has 0 fully saturated rings. The highest BCUT2D eigenvalue weighted by Crippen LogP contribution is 1.78. The third-order valence-electron chi connectivity index (χ3n) is 0.584. The molecule has 0 aliphatic carbocycles. The Morgan fingerprint density at radius 2 is 2.09 bits per heavy atom. The molecule has 0 spiro atoms. The van der Waals surface area contributed by atoms with E-state index in [-0.39, 0.29) is 0 Å². The molecule has 0 saturated heterocycles. The summed E-state index contributed by atoms with van der Waals surface area (Å²) in [6, 6.07) is 0. The molecule has 0 heterocycles. The molecule has 0 radical (unpaired) electrons. The van der Waals surface area contributed by atoms with E-state index < -0.39 is 16.0 Å². The van der Waals surface area contributed by atoms with Crippen molar-refractivity contribution in [2.75, 3.05) is 6.26 Å². The van der Waals surface area contributed by atoms with Crippen LogP contribution < -0.4 is 4.72 Å². The fraction of sp³-hybridized carbons (Fsp3) is 0.400. The molecule has 0 rings (SSSR count). The number of rotatable bonds is 3. The second kappa shape index (κ2) is 3.97. The van der Waals surface area contributed by atoms with E-state index >= 15 is 0 Å². The summed E-state index contributed by atoms with van der Waals surface area (Å²) in [5.74, 6) is -0.503. The lowest BCUT2D eigenvalue weighted by molar-refractivity contribution is -0.135. The highest BCUT2D eigenvalue weighted by molar-refractivity contribution is 7.88. The van der Waals surface area contributed by atoms with Crippen LogP contribution in [0, 0.1) is 0 Å². The number of esters is 1. The maximum Gasteiger partial charge on any atom is 0.307 e. The van der Waals surface area contributed by atoms with Gasteiger partial charge in [-0.3, -0.25) is 9.52 Å². The number of nitrogens with one attached hydrogen (secondary N) is 1. The number of ether oxygens (including phenoxy) is 1. The molecule has 0 aliphatic rings. The predicted octanol–water partition coefficient (Wildman–Crippen LogP) is -0.430. The van der Waals surface area contributed by atoms with Crippen LogP contribution >= 0.6 is 0 Å². The zero-order valence-electron chi connectivity index (χ0n) is 6.20. The van der Waals surface area contributed by atoms with Crippen LogP contribution in [0.5, 0.6) is 0 Å². The Bertz CT molecular complexity index is 254. The number of sulfonamides is 1. The minimum absolute atomic E-state index is 0.503. The van der Waals surface area contributed by atoms with Crippen LogP contribution in [-0.4, -0.2) is 20.6 Å². The number of carbonyl (C=O) groups is 1. The fourth-order valence-corrected chi connectivity index (χ4v) is 0.584. The Balaban J connectivity index is 3.71. The van der Waals surface area contributed by atoms with Gasteiger partial charge >= 0.3 is 5.97 Å². The van der Waals surface area contributed by atoms with Crippen LogP contribution in [0.4, 0.5) is 0 Å². The number of carbonyl (C=O) groups excluding carboxylic acids is 1. The summed E-state index contributed by atoms with van der Waals surface area (Å²) < 4.78 is 27.0. The van der Waals surface area contributed by atoms with Crippen LogP contribution in [0.2, 0.25) is 0 Å². The van der Waals surface area contributed by atoms with E-state index in [9.17, 15) is 13.2 Å². The molecular weight excluding hydrogens is 170 g/mol. The molecule has 11 heavy (non-hydrogen) atoms. The zero-order valence-corrected chi connectivity index (χ0v) is 7.01. The lowest BCUT2D eigenvalue weighted by Gasteiger charge is -1.94. The van der Waals surface area contributed by atoms with Gasteiger partial charge in [-0.15, -0.1) is 0 Å². The first-order valence-electron chi connectivity index (χ1n) is 2.71. The molecule has 6 heteroatoms. The van der Waals surface area contributed by atoms with Gasteiger partial charge in [0, 0.05) is 13.1 Å². The van der Waals surface area contributed by atoms with Crippen molar-refractivity contribution in [3.63, 3.8) is 0 Å². The molecule has 1 N–H and O–H groups in total. The molecular formula is C5H9NO4S. The third kappa shape index (κ3) is 8.96.